The summed E-state index contributed by atoms with van der Waals surface area (Å²) in [7, 11) is 2.77. The number of ether oxygens (including phenoxy) is 2. The second kappa shape index (κ2) is 10.6. The molecule has 2 saturated carbocycles. The van der Waals surface area contributed by atoms with Gasteiger partial charge in [-0.05, 0) is 72.9 Å². The van der Waals surface area contributed by atoms with Gasteiger partial charge in [0, 0.05) is 0 Å². The Hall–Kier alpha value is -2.18. The molecule has 0 amide bonds. The van der Waals surface area contributed by atoms with Gasteiger partial charge >= 0.3 is 11.9 Å². The summed E-state index contributed by atoms with van der Waals surface area (Å²) in [6.45, 7) is 0. The highest BCUT2D eigenvalue weighted by Crippen LogP contribution is 2.43. The lowest BCUT2D eigenvalue weighted by molar-refractivity contribution is -0.149. The number of esters is 2. The van der Waals surface area contributed by atoms with Crippen molar-refractivity contribution >= 4 is 35.1 Å². The number of rotatable bonds is 4. The van der Waals surface area contributed by atoms with Crippen LogP contribution >= 0.6 is 23.2 Å². The van der Waals surface area contributed by atoms with E-state index in [0.717, 1.165) is 36.8 Å². The Morgan fingerprint density at radius 2 is 1.09 bits per heavy atom. The van der Waals surface area contributed by atoms with E-state index < -0.39 is 11.6 Å². The third-order valence-electron chi connectivity index (χ3n) is 6.18. The minimum Gasteiger partial charge on any atom is -0.469 e. The summed E-state index contributed by atoms with van der Waals surface area (Å²) >= 11 is 11.2. The van der Waals surface area contributed by atoms with Crippen LogP contribution in [0.15, 0.2) is 36.4 Å². The molecule has 2 aromatic carbocycles. The van der Waals surface area contributed by atoms with Crippen molar-refractivity contribution in [1.82, 2.24) is 0 Å². The van der Waals surface area contributed by atoms with Gasteiger partial charge in [-0.15, -0.1) is 0 Å². The molecule has 0 saturated heterocycles. The first kappa shape index (κ1) is 24.5. The molecule has 0 aromatic heterocycles. The van der Waals surface area contributed by atoms with Crippen LogP contribution < -0.4 is 0 Å². The molecule has 0 spiro atoms. The van der Waals surface area contributed by atoms with E-state index in [1.807, 2.05) is 12.1 Å². The Bertz CT molecular complexity index is 906. The first-order valence-corrected chi connectivity index (χ1v) is 11.0. The molecule has 0 heterocycles. The maximum Gasteiger partial charge on any atom is 0.308 e. The van der Waals surface area contributed by atoms with Gasteiger partial charge in [0.15, 0.2) is 0 Å². The number of hydrogen-bond donors (Lipinski definition) is 0. The van der Waals surface area contributed by atoms with E-state index in [4.69, 9.17) is 23.2 Å². The maximum absolute atomic E-state index is 13.2. The maximum atomic E-state index is 13.2. The molecule has 2 aromatic rings. The summed E-state index contributed by atoms with van der Waals surface area (Å²) in [5.41, 5.74) is 1.81. The molecule has 0 bridgehead atoms. The Balaban J connectivity index is 0.000000181. The van der Waals surface area contributed by atoms with Crippen molar-refractivity contribution in [2.75, 3.05) is 14.2 Å². The predicted molar refractivity (Wildman–Crippen MR) is 118 cm³/mol. The van der Waals surface area contributed by atoms with E-state index in [2.05, 4.69) is 9.47 Å². The molecule has 0 radical (unpaired) electrons. The average Bonchev–Trinajstić information content (AvgIpc) is 2.71. The largest absolute Gasteiger partial charge is 0.469 e. The normalized spacial score (nSPS) is 23.7. The molecule has 0 unspecified atom stereocenters. The SMILES string of the molecule is COC(=O)C1CC(c2ccc(Cl)c(F)c2)C1.COC(=O)C1CC(c2ccc(Cl)c(F)c2)C1. The van der Waals surface area contributed by atoms with Crippen molar-refractivity contribution in [3.63, 3.8) is 0 Å². The fourth-order valence-electron chi connectivity index (χ4n) is 4.03. The fraction of sp³-hybridized carbons (Fsp3) is 0.417. The molecule has 8 heteroatoms. The van der Waals surface area contributed by atoms with Crippen molar-refractivity contribution in [2.45, 2.75) is 37.5 Å². The third kappa shape index (κ3) is 5.59. The second-order valence-corrected chi connectivity index (χ2v) is 8.94. The third-order valence-corrected chi connectivity index (χ3v) is 6.79. The molecule has 4 rings (SSSR count). The van der Waals surface area contributed by atoms with Crippen LogP contribution in [0.2, 0.25) is 10.0 Å². The van der Waals surface area contributed by atoms with Crippen LogP contribution in [0.25, 0.3) is 0 Å². The molecule has 2 aliphatic rings. The number of benzene rings is 2. The average molecular weight is 485 g/mol. The summed E-state index contributed by atoms with van der Waals surface area (Å²) in [6.07, 6.45) is 2.92. The summed E-state index contributed by atoms with van der Waals surface area (Å²) in [4.78, 5) is 22.3. The summed E-state index contributed by atoms with van der Waals surface area (Å²) in [5.74, 6) is -0.730. The number of hydrogen-bond acceptors (Lipinski definition) is 4. The lowest BCUT2D eigenvalue weighted by Gasteiger charge is -2.33. The first-order chi connectivity index (χ1) is 15.2. The number of carbonyl (C=O) groups excluding carboxylic acids is 2. The van der Waals surface area contributed by atoms with Crippen molar-refractivity contribution in [3.8, 4) is 0 Å². The van der Waals surface area contributed by atoms with Gasteiger partial charge in [0.1, 0.15) is 11.6 Å². The molecule has 2 aliphatic carbocycles. The Labute approximate surface area is 195 Å². The van der Waals surface area contributed by atoms with Gasteiger partial charge in [-0.1, -0.05) is 35.3 Å². The molecule has 4 nitrogen and oxygen atoms in total. The van der Waals surface area contributed by atoms with E-state index in [-0.39, 0.29) is 45.7 Å². The van der Waals surface area contributed by atoms with E-state index in [1.54, 1.807) is 12.1 Å². The van der Waals surface area contributed by atoms with Gasteiger partial charge in [-0.25, -0.2) is 8.78 Å². The number of methoxy groups -OCH3 is 2. The first-order valence-electron chi connectivity index (χ1n) is 10.3. The van der Waals surface area contributed by atoms with Gasteiger partial charge < -0.3 is 9.47 Å². The van der Waals surface area contributed by atoms with Crippen LogP contribution in [-0.4, -0.2) is 26.2 Å². The monoisotopic (exact) mass is 484 g/mol. The number of carbonyl (C=O) groups is 2. The van der Waals surface area contributed by atoms with Crippen LogP contribution in [0.5, 0.6) is 0 Å². The molecule has 0 N–H and O–H groups in total. The smallest absolute Gasteiger partial charge is 0.308 e. The Morgan fingerprint density at radius 1 is 0.750 bits per heavy atom. The van der Waals surface area contributed by atoms with Gasteiger partial charge in [0.05, 0.1) is 36.1 Å². The minimum absolute atomic E-state index is 0.0336. The fourth-order valence-corrected chi connectivity index (χ4v) is 4.27. The zero-order chi connectivity index (χ0) is 23.4. The highest BCUT2D eigenvalue weighted by atomic mass is 35.5. The van der Waals surface area contributed by atoms with Gasteiger partial charge in [0.2, 0.25) is 0 Å². The quantitative estimate of drug-likeness (QED) is 0.478. The second-order valence-electron chi connectivity index (χ2n) is 8.12. The predicted octanol–water partition coefficient (Wildman–Crippen LogP) is 6.29. The van der Waals surface area contributed by atoms with Crippen molar-refractivity contribution in [3.05, 3.63) is 69.2 Å². The van der Waals surface area contributed by atoms with Gasteiger partial charge in [-0.2, -0.15) is 0 Å². The zero-order valence-corrected chi connectivity index (χ0v) is 19.3. The highest BCUT2D eigenvalue weighted by Gasteiger charge is 2.37. The number of halogens is 4. The summed E-state index contributed by atoms with van der Waals surface area (Å²) in [6, 6.07) is 9.61. The minimum atomic E-state index is -0.402. The van der Waals surface area contributed by atoms with Crippen molar-refractivity contribution < 1.29 is 27.8 Å². The van der Waals surface area contributed by atoms with E-state index in [1.165, 1.54) is 26.4 Å². The molecule has 0 atom stereocenters. The van der Waals surface area contributed by atoms with Crippen molar-refractivity contribution in [1.29, 1.82) is 0 Å². The Kier molecular flexibility index (Phi) is 8.12. The van der Waals surface area contributed by atoms with Crippen LogP contribution in [0.4, 0.5) is 8.78 Å². The highest BCUT2D eigenvalue weighted by molar-refractivity contribution is 6.31. The zero-order valence-electron chi connectivity index (χ0n) is 17.7. The summed E-state index contributed by atoms with van der Waals surface area (Å²) in [5, 5.41) is 0.264. The van der Waals surface area contributed by atoms with Crippen molar-refractivity contribution in [2.24, 2.45) is 11.8 Å². The summed E-state index contributed by atoms with van der Waals surface area (Å²) < 4.78 is 35.7. The topological polar surface area (TPSA) is 52.6 Å². The lowest BCUT2D eigenvalue weighted by atomic mass is 9.71. The molecule has 172 valence electrons. The molecule has 2 fully saturated rings. The molecular formula is C24H24Cl2F2O4. The van der Waals surface area contributed by atoms with Gasteiger partial charge in [-0.3, -0.25) is 9.59 Å². The van der Waals surface area contributed by atoms with Crippen LogP contribution in [0, 0.1) is 23.5 Å². The van der Waals surface area contributed by atoms with E-state index in [0.29, 0.717) is 0 Å². The van der Waals surface area contributed by atoms with Gasteiger partial charge in [0.25, 0.3) is 0 Å². The molecule has 32 heavy (non-hydrogen) atoms. The van der Waals surface area contributed by atoms with Crippen LogP contribution in [-0.2, 0) is 19.1 Å². The van der Waals surface area contributed by atoms with Crippen LogP contribution in [0.1, 0.15) is 48.6 Å². The Morgan fingerprint density at radius 3 is 1.38 bits per heavy atom. The van der Waals surface area contributed by atoms with E-state index >= 15 is 0 Å². The van der Waals surface area contributed by atoms with Crippen LogP contribution in [0.3, 0.4) is 0 Å². The lowest BCUT2D eigenvalue weighted by Crippen LogP contribution is -2.29. The molecular weight excluding hydrogens is 461 g/mol. The van der Waals surface area contributed by atoms with E-state index in [9.17, 15) is 18.4 Å². The standard InChI is InChI=1S/2C12H12ClFO2/c2*1-16-12(15)9-4-8(5-9)7-2-3-10(13)11(14)6-7/h2*2-3,6,8-9H,4-5H2,1H3. The molecule has 0 aliphatic heterocycles.